The molecule has 3 rings (SSSR count). The molecule has 0 aliphatic heterocycles. The fourth-order valence-corrected chi connectivity index (χ4v) is 2.69. The molecule has 0 radical (unpaired) electrons. The third-order valence-electron chi connectivity index (χ3n) is 4.09. The van der Waals surface area contributed by atoms with E-state index in [0.717, 1.165) is 37.1 Å². The molecule has 8 nitrogen and oxygen atoms in total. The van der Waals surface area contributed by atoms with Crippen molar-refractivity contribution in [2.75, 3.05) is 43.7 Å². The second kappa shape index (κ2) is 8.88. The van der Waals surface area contributed by atoms with Crippen LogP contribution in [0, 0.1) is 0 Å². The van der Waals surface area contributed by atoms with Crippen LogP contribution in [0.5, 0.6) is 11.5 Å². The summed E-state index contributed by atoms with van der Waals surface area (Å²) in [5.41, 5.74) is 6.79. The molecule has 0 saturated heterocycles. The van der Waals surface area contributed by atoms with Gasteiger partial charge in [-0.15, -0.1) is 0 Å². The van der Waals surface area contributed by atoms with E-state index < -0.39 is 0 Å². The second-order valence-corrected chi connectivity index (χ2v) is 5.93. The van der Waals surface area contributed by atoms with Gasteiger partial charge in [-0.1, -0.05) is 6.07 Å². The monoisotopic (exact) mass is 368 g/mol. The average Bonchev–Trinajstić information content (AvgIpc) is 2.70. The van der Waals surface area contributed by atoms with Gasteiger partial charge in [-0.05, 0) is 31.0 Å². The number of rotatable bonds is 9. The smallest absolute Gasteiger partial charge is 0.225 e. The van der Waals surface area contributed by atoms with E-state index in [0.29, 0.717) is 28.8 Å². The minimum Gasteiger partial charge on any atom is -0.493 e. The van der Waals surface area contributed by atoms with Gasteiger partial charge in [0.25, 0.3) is 0 Å². The third kappa shape index (κ3) is 4.66. The molecule has 2 aromatic heterocycles. The number of methoxy groups -OCH3 is 2. The molecule has 2 heterocycles. The maximum atomic E-state index is 6.08. The summed E-state index contributed by atoms with van der Waals surface area (Å²) in [5, 5.41) is 7.24. The molecule has 0 aliphatic carbocycles. The van der Waals surface area contributed by atoms with E-state index in [1.165, 1.54) is 0 Å². The Morgan fingerprint density at radius 1 is 0.963 bits per heavy atom. The fraction of sp³-hybridized carbons (Fsp3) is 0.316. The SMILES string of the molecule is COc1cc2nc(NCCCCNc3ccccn3)nc(N)c2cc1OC. The molecule has 27 heavy (non-hydrogen) atoms. The van der Waals surface area contributed by atoms with Crippen molar-refractivity contribution in [2.24, 2.45) is 0 Å². The van der Waals surface area contributed by atoms with Crippen molar-refractivity contribution in [1.82, 2.24) is 15.0 Å². The van der Waals surface area contributed by atoms with Crippen LogP contribution in [0.2, 0.25) is 0 Å². The predicted octanol–water partition coefficient (Wildman–Crippen LogP) is 2.93. The van der Waals surface area contributed by atoms with E-state index in [-0.39, 0.29) is 0 Å². The molecule has 0 unspecified atom stereocenters. The third-order valence-corrected chi connectivity index (χ3v) is 4.09. The first kappa shape index (κ1) is 18.5. The number of nitrogens with two attached hydrogens (primary N) is 1. The lowest BCUT2D eigenvalue weighted by atomic mass is 10.2. The first-order valence-corrected chi connectivity index (χ1v) is 8.79. The number of ether oxygens (including phenoxy) is 2. The van der Waals surface area contributed by atoms with Gasteiger partial charge in [0, 0.05) is 30.7 Å². The van der Waals surface area contributed by atoms with Gasteiger partial charge in [-0.25, -0.2) is 9.97 Å². The molecule has 3 aromatic rings. The second-order valence-electron chi connectivity index (χ2n) is 5.93. The average molecular weight is 368 g/mol. The lowest BCUT2D eigenvalue weighted by Crippen LogP contribution is -2.10. The van der Waals surface area contributed by atoms with E-state index in [4.69, 9.17) is 15.2 Å². The summed E-state index contributed by atoms with van der Waals surface area (Å²) in [6.45, 7) is 1.61. The van der Waals surface area contributed by atoms with Crippen LogP contribution in [0.1, 0.15) is 12.8 Å². The van der Waals surface area contributed by atoms with E-state index >= 15 is 0 Å². The van der Waals surface area contributed by atoms with Crippen molar-refractivity contribution < 1.29 is 9.47 Å². The highest BCUT2D eigenvalue weighted by molar-refractivity contribution is 5.91. The summed E-state index contributed by atoms with van der Waals surface area (Å²) >= 11 is 0. The van der Waals surface area contributed by atoms with Gasteiger partial charge in [0.15, 0.2) is 11.5 Å². The molecule has 0 saturated carbocycles. The number of aromatic nitrogens is 3. The van der Waals surface area contributed by atoms with Gasteiger partial charge >= 0.3 is 0 Å². The normalized spacial score (nSPS) is 10.6. The van der Waals surface area contributed by atoms with Gasteiger partial charge in [-0.3, -0.25) is 0 Å². The Morgan fingerprint density at radius 3 is 2.41 bits per heavy atom. The highest BCUT2D eigenvalue weighted by Crippen LogP contribution is 2.33. The number of nitrogens with one attached hydrogen (secondary N) is 2. The molecule has 142 valence electrons. The molecule has 0 spiro atoms. The zero-order chi connectivity index (χ0) is 19.1. The number of nitrogen functional groups attached to an aromatic ring is 1. The van der Waals surface area contributed by atoms with E-state index in [1.54, 1.807) is 32.5 Å². The fourth-order valence-electron chi connectivity index (χ4n) is 2.69. The summed E-state index contributed by atoms with van der Waals surface area (Å²) in [7, 11) is 3.17. The quantitative estimate of drug-likeness (QED) is 0.495. The lowest BCUT2D eigenvalue weighted by Gasteiger charge is -2.11. The summed E-state index contributed by atoms with van der Waals surface area (Å²) < 4.78 is 10.6. The Balaban J connectivity index is 1.55. The predicted molar refractivity (Wildman–Crippen MR) is 108 cm³/mol. The minimum absolute atomic E-state index is 0.403. The lowest BCUT2D eigenvalue weighted by molar-refractivity contribution is 0.356. The molecule has 0 aliphatic rings. The van der Waals surface area contributed by atoms with Crippen LogP contribution in [0.15, 0.2) is 36.5 Å². The van der Waals surface area contributed by atoms with Crippen molar-refractivity contribution in [2.45, 2.75) is 12.8 Å². The van der Waals surface area contributed by atoms with Crippen LogP contribution in [-0.4, -0.2) is 42.3 Å². The maximum absolute atomic E-state index is 6.08. The number of hydrogen-bond acceptors (Lipinski definition) is 8. The summed E-state index contributed by atoms with van der Waals surface area (Å²) in [5.74, 6) is 3.00. The summed E-state index contributed by atoms with van der Waals surface area (Å²) in [4.78, 5) is 13.1. The molecule has 4 N–H and O–H groups in total. The highest BCUT2D eigenvalue weighted by atomic mass is 16.5. The Morgan fingerprint density at radius 2 is 1.70 bits per heavy atom. The maximum Gasteiger partial charge on any atom is 0.225 e. The molecular weight excluding hydrogens is 344 g/mol. The van der Waals surface area contributed by atoms with Crippen LogP contribution >= 0.6 is 0 Å². The van der Waals surface area contributed by atoms with Crippen LogP contribution < -0.4 is 25.8 Å². The van der Waals surface area contributed by atoms with Crippen LogP contribution in [0.4, 0.5) is 17.6 Å². The molecule has 0 fully saturated rings. The number of hydrogen-bond donors (Lipinski definition) is 3. The standard InChI is InChI=1S/C19H24N6O2/c1-26-15-11-13-14(12-16(15)27-2)24-19(25-18(13)20)23-10-6-5-9-22-17-7-3-4-8-21-17/h3-4,7-8,11-12H,5-6,9-10H2,1-2H3,(H,21,22)(H3,20,23,24,25). The van der Waals surface area contributed by atoms with Gasteiger partial charge < -0.3 is 25.8 Å². The van der Waals surface area contributed by atoms with E-state index in [1.807, 2.05) is 18.2 Å². The Kier molecular flexibility index (Phi) is 6.09. The summed E-state index contributed by atoms with van der Waals surface area (Å²) in [6.07, 6.45) is 3.74. The van der Waals surface area contributed by atoms with Crippen molar-refractivity contribution in [3.05, 3.63) is 36.5 Å². The van der Waals surface area contributed by atoms with Crippen molar-refractivity contribution in [3.63, 3.8) is 0 Å². The van der Waals surface area contributed by atoms with Crippen molar-refractivity contribution in [1.29, 1.82) is 0 Å². The molecule has 0 bridgehead atoms. The minimum atomic E-state index is 0.403. The van der Waals surface area contributed by atoms with Gasteiger partial charge in [-0.2, -0.15) is 4.98 Å². The number of unbranched alkanes of at least 4 members (excludes halogenated alkanes) is 1. The van der Waals surface area contributed by atoms with Gasteiger partial charge in [0.2, 0.25) is 5.95 Å². The zero-order valence-electron chi connectivity index (χ0n) is 15.5. The number of benzene rings is 1. The van der Waals surface area contributed by atoms with E-state index in [2.05, 4.69) is 25.6 Å². The highest BCUT2D eigenvalue weighted by Gasteiger charge is 2.11. The Hall–Kier alpha value is -3.29. The molecule has 8 heteroatoms. The Labute approximate surface area is 158 Å². The molecular formula is C19H24N6O2. The van der Waals surface area contributed by atoms with Crippen molar-refractivity contribution >= 4 is 28.5 Å². The number of nitrogens with zero attached hydrogens (tertiary/aromatic N) is 3. The summed E-state index contributed by atoms with van der Waals surface area (Å²) in [6, 6.07) is 9.40. The van der Waals surface area contributed by atoms with Gasteiger partial charge in [0.1, 0.15) is 11.6 Å². The van der Waals surface area contributed by atoms with Crippen LogP contribution in [0.3, 0.4) is 0 Å². The van der Waals surface area contributed by atoms with E-state index in [9.17, 15) is 0 Å². The van der Waals surface area contributed by atoms with Gasteiger partial charge in [0.05, 0.1) is 19.7 Å². The molecule has 0 atom stereocenters. The molecule has 0 amide bonds. The molecule has 1 aromatic carbocycles. The number of anilines is 3. The zero-order valence-corrected chi connectivity index (χ0v) is 15.5. The topological polar surface area (TPSA) is 107 Å². The Bertz CT molecular complexity index is 888. The first-order valence-electron chi connectivity index (χ1n) is 8.79. The van der Waals surface area contributed by atoms with Crippen LogP contribution in [0.25, 0.3) is 10.9 Å². The number of pyridine rings is 1. The largest absolute Gasteiger partial charge is 0.493 e. The number of fused-ring (bicyclic) bond motifs is 1. The van der Waals surface area contributed by atoms with Crippen LogP contribution in [-0.2, 0) is 0 Å². The first-order chi connectivity index (χ1) is 13.2. The van der Waals surface area contributed by atoms with Crippen molar-refractivity contribution in [3.8, 4) is 11.5 Å².